The number of hydrogen-bond donors (Lipinski definition) is 1. The number of carboxylic acid groups (broad SMARTS) is 1. The van der Waals surface area contributed by atoms with Gasteiger partial charge in [-0.2, -0.15) is 0 Å². The van der Waals surface area contributed by atoms with E-state index in [4.69, 9.17) is 0 Å². The van der Waals surface area contributed by atoms with E-state index in [9.17, 15) is 9.90 Å². The van der Waals surface area contributed by atoms with E-state index in [1.807, 2.05) is 0 Å². The van der Waals surface area contributed by atoms with Gasteiger partial charge in [-0.1, -0.05) is 13.3 Å². The first-order valence-electron chi connectivity index (χ1n) is 5.92. The largest absolute Gasteiger partial charge is 0.481 e. The lowest BCUT2D eigenvalue weighted by atomic mass is 9.54. The van der Waals surface area contributed by atoms with Crippen LogP contribution in [-0.4, -0.2) is 11.1 Å². The molecule has 2 bridgehead atoms. The maximum Gasteiger partial charge on any atom is 0.309 e. The summed E-state index contributed by atoms with van der Waals surface area (Å²) in [6.45, 7) is 2.16. The Bertz CT molecular complexity index is 226. The van der Waals surface area contributed by atoms with Gasteiger partial charge in [0.2, 0.25) is 0 Å². The van der Waals surface area contributed by atoms with E-state index in [0.29, 0.717) is 5.92 Å². The summed E-state index contributed by atoms with van der Waals surface area (Å²) < 4.78 is 0. The van der Waals surface area contributed by atoms with Gasteiger partial charge in [0.05, 0.1) is 5.41 Å². The summed E-state index contributed by atoms with van der Waals surface area (Å²) in [5, 5.41) is 9.41. The van der Waals surface area contributed by atoms with E-state index in [1.165, 1.54) is 6.42 Å². The molecule has 2 heteroatoms. The highest BCUT2D eigenvalue weighted by Crippen LogP contribution is 2.55. The van der Waals surface area contributed by atoms with Crippen molar-refractivity contribution in [1.82, 2.24) is 0 Å². The topological polar surface area (TPSA) is 37.3 Å². The minimum atomic E-state index is -0.519. The Morgan fingerprint density at radius 1 is 1.43 bits per heavy atom. The second-order valence-corrected chi connectivity index (χ2v) is 5.13. The first-order valence-corrected chi connectivity index (χ1v) is 5.92. The molecule has 0 amide bonds. The first-order chi connectivity index (χ1) is 6.69. The summed E-state index contributed by atoms with van der Waals surface area (Å²) >= 11 is 0. The molecule has 0 spiro atoms. The Balaban J connectivity index is 2.19. The molecule has 0 saturated heterocycles. The van der Waals surface area contributed by atoms with Crippen molar-refractivity contribution in [3.63, 3.8) is 0 Å². The molecule has 1 N–H and O–H groups in total. The van der Waals surface area contributed by atoms with Crippen LogP contribution in [0.3, 0.4) is 0 Å². The number of carboxylic acids is 1. The zero-order valence-corrected chi connectivity index (χ0v) is 8.96. The monoisotopic (exact) mass is 196 g/mol. The number of aliphatic carboxylic acids is 1. The molecule has 3 saturated carbocycles. The van der Waals surface area contributed by atoms with Crippen molar-refractivity contribution in [2.75, 3.05) is 0 Å². The van der Waals surface area contributed by atoms with Crippen molar-refractivity contribution in [3.05, 3.63) is 0 Å². The Morgan fingerprint density at radius 3 is 2.57 bits per heavy atom. The van der Waals surface area contributed by atoms with Gasteiger partial charge in [-0.25, -0.2) is 0 Å². The minimum Gasteiger partial charge on any atom is -0.481 e. The molecular formula is C12H20O2. The lowest BCUT2D eigenvalue weighted by Crippen LogP contribution is -2.47. The standard InChI is InChI=1S/C12H20O2/c1-2-3-10-8-9-4-6-12(10,7-5-9)11(13)14/h9-10H,2-8H2,1H3,(H,13,14). The summed E-state index contributed by atoms with van der Waals surface area (Å²) in [5.74, 6) is 0.791. The van der Waals surface area contributed by atoms with Gasteiger partial charge >= 0.3 is 5.97 Å². The van der Waals surface area contributed by atoms with Crippen molar-refractivity contribution in [3.8, 4) is 0 Å². The normalized spacial score (nSPS) is 41.2. The summed E-state index contributed by atoms with van der Waals surface area (Å²) in [6.07, 6.45) is 7.63. The molecule has 3 aliphatic rings. The molecule has 0 aliphatic heterocycles. The van der Waals surface area contributed by atoms with Crippen LogP contribution in [0.5, 0.6) is 0 Å². The van der Waals surface area contributed by atoms with Crippen LogP contribution >= 0.6 is 0 Å². The van der Waals surface area contributed by atoms with Crippen LogP contribution in [0.2, 0.25) is 0 Å². The Labute approximate surface area is 85.7 Å². The molecule has 1 atom stereocenters. The lowest BCUT2D eigenvalue weighted by molar-refractivity contribution is -0.162. The molecule has 0 radical (unpaired) electrons. The molecule has 2 nitrogen and oxygen atoms in total. The van der Waals surface area contributed by atoms with Gasteiger partial charge in [-0.15, -0.1) is 0 Å². The molecule has 3 rings (SSSR count). The molecule has 1 unspecified atom stereocenters. The predicted octanol–water partition coefficient (Wildman–Crippen LogP) is 3.07. The summed E-state index contributed by atoms with van der Waals surface area (Å²) in [6, 6.07) is 0. The summed E-state index contributed by atoms with van der Waals surface area (Å²) in [5.41, 5.74) is -0.329. The van der Waals surface area contributed by atoms with Crippen LogP contribution in [0.25, 0.3) is 0 Å². The minimum absolute atomic E-state index is 0.329. The molecule has 0 aromatic rings. The van der Waals surface area contributed by atoms with Crippen molar-refractivity contribution < 1.29 is 9.90 Å². The van der Waals surface area contributed by atoms with Gasteiger partial charge in [0.25, 0.3) is 0 Å². The van der Waals surface area contributed by atoms with Crippen LogP contribution in [0, 0.1) is 17.3 Å². The van der Waals surface area contributed by atoms with Crippen molar-refractivity contribution in [2.45, 2.75) is 51.9 Å². The third-order valence-corrected chi connectivity index (χ3v) is 4.46. The fourth-order valence-electron chi connectivity index (χ4n) is 3.60. The van der Waals surface area contributed by atoms with Crippen molar-refractivity contribution in [1.29, 1.82) is 0 Å². The van der Waals surface area contributed by atoms with E-state index in [1.54, 1.807) is 0 Å². The van der Waals surface area contributed by atoms with Crippen molar-refractivity contribution >= 4 is 5.97 Å². The Kier molecular flexibility index (Phi) is 2.54. The Hall–Kier alpha value is -0.530. The Morgan fingerprint density at radius 2 is 2.07 bits per heavy atom. The number of rotatable bonds is 3. The van der Waals surface area contributed by atoms with Gasteiger partial charge in [0.1, 0.15) is 0 Å². The smallest absolute Gasteiger partial charge is 0.309 e. The average Bonchev–Trinajstić information content (AvgIpc) is 2.20. The highest BCUT2D eigenvalue weighted by molar-refractivity contribution is 5.75. The highest BCUT2D eigenvalue weighted by atomic mass is 16.4. The second-order valence-electron chi connectivity index (χ2n) is 5.13. The van der Waals surface area contributed by atoms with E-state index in [2.05, 4.69) is 6.92 Å². The van der Waals surface area contributed by atoms with Crippen molar-refractivity contribution in [2.24, 2.45) is 17.3 Å². The zero-order valence-electron chi connectivity index (χ0n) is 8.96. The molecule has 0 heterocycles. The van der Waals surface area contributed by atoms with Crippen LogP contribution in [0.4, 0.5) is 0 Å². The predicted molar refractivity (Wildman–Crippen MR) is 55.0 cm³/mol. The SMILES string of the molecule is CCCC1CC2CCC1(C(=O)O)CC2. The highest BCUT2D eigenvalue weighted by Gasteiger charge is 2.52. The van der Waals surface area contributed by atoms with Gasteiger partial charge in [-0.3, -0.25) is 4.79 Å². The number of hydrogen-bond acceptors (Lipinski definition) is 1. The maximum atomic E-state index is 11.4. The van der Waals surface area contributed by atoms with E-state index in [-0.39, 0.29) is 5.41 Å². The van der Waals surface area contributed by atoms with E-state index in [0.717, 1.165) is 44.4 Å². The van der Waals surface area contributed by atoms with E-state index < -0.39 is 5.97 Å². The molecule has 0 aromatic heterocycles. The fourth-order valence-corrected chi connectivity index (χ4v) is 3.60. The van der Waals surface area contributed by atoms with E-state index >= 15 is 0 Å². The van der Waals surface area contributed by atoms with Gasteiger partial charge < -0.3 is 5.11 Å². The summed E-state index contributed by atoms with van der Waals surface area (Å²) in [7, 11) is 0. The fraction of sp³-hybridized carbons (Fsp3) is 0.917. The number of carbonyl (C=O) groups is 1. The third-order valence-electron chi connectivity index (χ3n) is 4.46. The zero-order chi connectivity index (χ0) is 10.2. The quantitative estimate of drug-likeness (QED) is 0.753. The molecule has 0 aromatic carbocycles. The van der Waals surface area contributed by atoms with Crippen LogP contribution in [0.1, 0.15) is 51.9 Å². The van der Waals surface area contributed by atoms with Gasteiger partial charge in [0, 0.05) is 0 Å². The molecule has 80 valence electrons. The second kappa shape index (κ2) is 3.56. The molecule has 3 fully saturated rings. The van der Waals surface area contributed by atoms with Gasteiger partial charge in [0.15, 0.2) is 0 Å². The summed E-state index contributed by atoms with van der Waals surface area (Å²) in [4.78, 5) is 11.4. The molecule has 3 aliphatic carbocycles. The van der Waals surface area contributed by atoms with Gasteiger partial charge in [-0.05, 0) is 50.4 Å². The van der Waals surface area contributed by atoms with Crippen LogP contribution < -0.4 is 0 Å². The molecular weight excluding hydrogens is 176 g/mol. The number of fused-ring (bicyclic) bond motifs is 3. The third kappa shape index (κ3) is 1.35. The van der Waals surface area contributed by atoms with Crippen LogP contribution in [-0.2, 0) is 4.79 Å². The first kappa shape index (κ1) is 10.0. The lowest BCUT2D eigenvalue weighted by Gasteiger charge is -2.49. The maximum absolute atomic E-state index is 11.4. The average molecular weight is 196 g/mol. The van der Waals surface area contributed by atoms with Crippen LogP contribution in [0.15, 0.2) is 0 Å². The molecule has 14 heavy (non-hydrogen) atoms.